The Morgan fingerprint density at radius 2 is 1.85 bits per heavy atom. The van der Waals surface area contributed by atoms with Crippen LogP contribution in [-0.2, 0) is 11.3 Å². The minimum Gasteiger partial charge on any atom is -0.342 e. The number of nitro benzene ring substituents is 1. The summed E-state index contributed by atoms with van der Waals surface area (Å²) in [6.07, 6.45) is 1.68. The van der Waals surface area contributed by atoms with E-state index in [4.69, 9.17) is 0 Å². The molecule has 3 aromatic rings. The molecule has 2 aromatic carbocycles. The molecule has 2 amide bonds. The maximum absolute atomic E-state index is 12.6. The molecule has 0 saturated heterocycles. The van der Waals surface area contributed by atoms with Crippen molar-refractivity contribution >= 4 is 35.0 Å². The van der Waals surface area contributed by atoms with E-state index < -0.39 is 11.0 Å². The van der Waals surface area contributed by atoms with E-state index in [1.54, 1.807) is 22.8 Å². The van der Waals surface area contributed by atoms with Gasteiger partial charge in [-0.05, 0) is 38.1 Å². The summed E-state index contributed by atoms with van der Waals surface area (Å²) in [4.78, 5) is 35.2. The normalized spacial score (nSPS) is 11.5. The van der Waals surface area contributed by atoms with Crippen LogP contribution >= 0.6 is 11.8 Å². The van der Waals surface area contributed by atoms with E-state index in [0.717, 1.165) is 5.56 Å². The van der Waals surface area contributed by atoms with Gasteiger partial charge in [0.15, 0.2) is 11.0 Å². The van der Waals surface area contributed by atoms with Gasteiger partial charge in [0.1, 0.15) is 0 Å². The number of aryl methyl sites for hydroxylation is 1. The van der Waals surface area contributed by atoms with Crippen molar-refractivity contribution in [3.8, 4) is 0 Å². The third-order valence-corrected chi connectivity index (χ3v) is 5.77. The standard InChI is InChI=1S/C23H24N6O4S/c1-4-13-28-21(16(3)24-22(31)17-7-5-15(2)6-8-17)26-27-23(28)34-14-20(30)25-18-9-11-19(12-10-18)29(32)33/h4-12,16H,1,13-14H2,2-3H3,(H,24,31)(H,25,30)/t16-/m1/s1. The number of non-ortho nitro benzene ring substituents is 1. The van der Waals surface area contributed by atoms with Crippen LogP contribution in [0.25, 0.3) is 0 Å². The molecule has 0 aliphatic heterocycles. The molecule has 0 spiro atoms. The van der Waals surface area contributed by atoms with Gasteiger partial charge in [-0.3, -0.25) is 19.7 Å². The molecule has 0 saturated carbocycles. The number of nitrogens with zero attached hydrogens (tertiary/aromatic N) is 4. The van der Waals surface area contributed by atoms with Gasteiger partial charge < -0.3 is 15.2 Å². The number of hydrogen-bond donors (Lipinski definition) is 2. The number of nitro groups is 1. The smallest absolute Gasteiger partial charge is 0.269 e. The van der Waals surface area contributed by atoms with Crippen LogP contribution in [0.2, 0.25) is 0 Å². The third kappa shape index (κ3) is 6.29. The molecule has 0 aliphatic rings. The van der Waals surface area contributed by atoms with Gasteiger partial charge in [-0.2, -0.15) is 0 Å². The van der Waals surface area contributed by atoms with E-state index in [1.165, 1.54) is 36.0 Å². The van der Waals surface area contributed by atoms with Crippen molar-refractivity contribution in [1.29, 1.82) is 0 Å². The second kappa shape index (κ2) is 11.2. The monoisotopic (exact) mass is 480 g/mol. The fraction of sp³-hybridized carbons (Fsp3) is 0.217. The molecular formula is C23H24N6O4S. The zero-order valence-corrected chi connectivity index (χ0v) is 19.5. The summed E-state index contributed by atoms with van der Waals surface area (Å²) >= 11 is 1.19. The average Bonchev–Trinajstić information content (AvgIpc) is 3.21. The van der Waals surface area contributed by atoms with Crippen LogP contribution in [0.1, 0.15) is 34.7 Å². The molecule has 2 N–H and O–H groups in total. The quantitative estimate of drug-likeness (QED) is 0.195. The molecule has 0 aliphatic carbocycles. The molecule has 3 rings (SSSR count). The Hall–Kier alpha value is -3.99. The van der Waals surface area contributed by atoms with E-state index in [1.807, 2.05) is 26.0 Å². The van der Waals surface area contributed by atoms with Crippen LogP contribution in [0.15, 0.2) is 66.3 Å². The molecule has 11 heteroatoms. The number of allylic oxidation sites excluding steroid dienone is 1. The number of rotatable bonds is 10. The van der Waals surface area contributed by atoms with E-state index in [9.17, 15) is 19.7 Å². The van der Waals surface area contributed by atoms with Crippen LogP contribution in [0.4, 0.5) is 11.4 Å². The lowest BCUT2D eigenvalue weighted by Gasteiger charge is -2.15. The maximum atomic E-state index is 12.6. The molecular weight excluding hydrogens is 456 g/mol. The minimum atomic E-state index is -0.504. The first-order valence-corrected chi connectivity index (χ1v) is 11.4. The number of hydrogen-bond acceptors (Lipinski definition) is 7. The number of amides is 2. The van der Waals surface area contributed by atoms with Crippen LogP contribution in [0.5, 0.6) is 0 Å². The second-order valence-electron chi connectivity index (χ2n) is 7.44. The predicted octanol–water partition coefficient (Wildman–Crippen LogP) is 3.90. The fourth-order valence-corrected chi connectivity index (χ4v) is 3.83. The Morgan fingerprint density at radius 1 is 1.18 bits per heavy atom. The van der Waals surface area contributed by atoms with E-state index in [0.29, 0.717) is 28.8 Å². The summed E-state index contributed by atoms with van der Waals surface area (Å²) in [6, 6.07) is 12.4. The molecule has 0 fully saturated rings. The first-order chi connectivity index (χ1) is 16.3. The second-order valence-corrected chi connectivity index (χ2v) is 8.38. The van der Waals surface area contributed by atoms with Gasteiger partial charge in [0, 0.05) is 29.9 Å². The number of aromatic nitrogens is 3. The Bertz CT molecular complexity index is 1190. The highest BCUT2D eigenvalue weighted by molar-refractivity contribution is 7.99. The van der Waals surface area contributed by atoms with Crippen LogP contribution in [0, 0.1) is 17.0 Å². The maximum Gasteiger partial charge on any atom is 0.269 e. The SMILES string of the molecule is C=CCn1c(SCC(=O)Nc2ccc([N+](=O)[O-])cc2)nnc1[C@@H](C)NC(=O)c1ccc(C)cc1. The lowest BCUT2D eigenvalue weighted by atomic mass is 10.1. The number of carbonyl (C=O) groups excluding carboxylic acids is 2. The summed E-state index contributed by atoms with van der Waals surface area (Å²) in [5, 5.41) is 25.3. The summed E-state index contributed by atoms with van der Waals surface area (Å²) < 4.78 is 1.79. The number of anilines is 1. The number of carbonyl (C=O) groups is 2. The van der Waals surface area contributed by atoms with Crippen molar-refractivity contribution in [2.24, 2.45) is 0 Å². The predicted molar refractivity (Wildman–Crippen MR) is 130 cm³/mol. The lowest BCUT2D eigenvalue weighted by molar-refractivity contribution is -0.384. The first kappa shape index (κ1) is 24.6. The Balaban J connectivity index is 1.63. The molecule has 0 radical (unpaired) electrons. The van der Waals surface area contributed by atoms with Crippen molar-refractivity contribution < 1.29 is 14.5 Å². The zero-order valence-electron chi connectivity index (χ0n) is 18.7. The van der Waals surface area contributed by atoms with E-state index >= 15 is 0 Å². The number of thioether (sulfide) groups is 1. The van der Waals surface area contributed by atoms with Crippen LogP contribution in [0.3, 0.4) is 0 Å². The topological polar surface area (TPSA) is 132 Å². The number of benzene rings is 2. The zero-order chi connectivity index (χ0) is 24.7. The highest BCUT2D eigenvalue weighted by atomic mass is 32.2. The highest BCUT2D eigenvalue weighted by Crippen LogP contribution is 2.22. The highest BCUT2D eigenvalue weighted by Gasteiger charge is 2.20. The van der Waals surface area contributed by atoms with Gasteiger partial charge in [-0.25, -0.2) is 0 Å². The average molecular weight is 481 g/mol. The van der Waals surface area contributed by atoms with Gasteiger partial charge in [0.05, 0.1) is 16.7 Å². The summed E-state index contributed by atoms with van der Waals surface area (Å²) in [5.74, 6) is 0.0707. The van der Waals surface area contributed by atoms with Crippen molar-refractivity contribution in [1.82, 2.24) is 20.1 Å². The van der Waals surface area contributed by atoms with Gasteiger partial charge in [0.2, 0.25) is 5.91 Å². The lowest BCUT2D eigenvalue weighted by Crippen LogP contribution is -2.28. The van der Waals surface area contributed by atoms with Crippen molar-refractivity contribution in [3.05, 3.63) is 88.3 Å². The molecule has 176 valence electrons. The summed E-state index contributed by atoms with van der Waals surface area (Å²) in [7, 11) is 0. The van der Waals surface area contributed by atoms with Crippen molar-refractivity contribution in [2.45, 2.75) is 31.6 Å². The third-order valence-electron chi connectivity index (χ3n) is 4.80. The first-order valence-electron chi connectivity index (χ1n) is 10.4. The molecule has 1 atom stereocenters. The van der Waals surface area contributed by atoms with Gasteiger partial charge in [0.25, 0.3) is 11.6 Å². The van der Waals surface area contributed by atoms with Gasteiger partial charge in [-0.15, -0.1) is 16.8 Å². The number of nitrogens with one attached hydrogen (secondary N) is 2. The van der Waals surface area contributed by atoms with Crippen LogP contribution < -0.4 is 10.6 Å². The summed E-state index contributed by atoms with van der Waals surface area (Å²) in [6.45, 7) is 7.93. The van der Waals surface area contributed by atoms with E-state index in [-0.39, 0.29) is 23.3 Å². The molecule has 1 aromatic heterocycles. The van der Waals surface area contributed by atoms with Gasteiger partial charge in [-0.1, -0.05) is 35.5 Å². The summed E-state index contributed by atoms with van der Waals surface area (Å²) in [5.41, 5.74) is 2.01. The van der Waals surface area contributed by atoms with Crippen molar-refractivity contribution in [3.63, 3.8) is 0 Å². The largest absolute Gasteiger partial charge is 0.342 e. The van der Waals surface area contributed by atoms with E-state index in [2.05, 4.69) is 27.4 Å². The molecule has 0 bridgehead atoms. The van der Waals surface area contributed by atoms with Crippen molar-refractivity contribution in [2.75, 3.05) is 11.1 Å². The van der Waals surface area contributed by atoms with Crippen LogP contribution in [-0.4, -0.2) is 37.3 Å². The molecule has 1 heterocycles. The Kier molecular flexibility index (Phi) is 8.14. The molecule has 0 unspecified atom stereocenters. The molecule has 34 heavy (non-hydrogen) atoms. The van der Waals surface area contributed by atoms with Gasteiger partial charge >= 0.3 is 0 Å². The fourth-order valence-electron chi connectivity index (χ4n) is 3.07. The minimum absolute atomic E-state index is 0.0520. The Morgan fingerprint density at radius 3 is 2.47 bits per heavy atom. The molecule has 10 nitrogen and oxygen atoms in total. The Labute approximate surface area is 200 Å².